The van der Waals surface area contributed by atoms with Crippen LogP contribution >= 0.6 is 0 Å². The summed E-state index contributed by atoms with van der Waals surface area (Å²) >= 11 is 0. The summed E-state index contributed by atoms with van der Waals surface area (Å²) in [5.74, 6) is -0.521. The van der Waals surface area contributed by atoms with E-state index in [9.17, 15) is 4.79 Å². The number of hydrogen-bond acceptors (Lipinski definition) is 3. The van der Waals surface area contributed by atoms with Gasteiger partial charge in [-0.25, -0.2) is 0 Å². The Morgan fingerprint density at radius 3 is 2.75 bits per heavy atom. The van der Waals surface area contributed by atoms with Crippen molar-refractivity contribution in [3.05, 3.63) is 11.4 Å². The van der Waals surface area contributed by atoms with Crippen LogP contribution in [0.4, 0.5) is 5.69 Å². The lowest BCUT2D eigenvalue weighted by Crippen LogP contribution is -2.45. The third kappa shape index (κ3) is 2.52. The smallest absolute Gasteiger partial charge is 0.318 e. The number of ether oxygens (including phenoxy) is 1. The molecule has 0 saturated heterocycles. The van der Waals surface area contributed by atoms with E-state index in [0.717, 1.165) is 18.5 Å². The Hall–Kier alpha value is -1.56. The van der Waals surface area contributed by atoms with Gasteiger partial charge in [0.1, 0.15) is 18.0 Å². The SMILES string of the molecule is CCCc1[nH][n+](CCOC)c(C(N)=O)c1N. The van der Waals surface area contributed by atoms with Gasteiger partial charge in [0.15, 0.2) is 6.54 Å². The number of nitrogen functional groups attached to an aromatic ring is 1. The monoisotopic (exact) mass is 227 g/mol. The van der Waals surface area contributed by atoms with Crippen LogP contribution in [0.1, 0.15) is 29.5 Å². The lowest BCUT2D eigenvalue weighted by Gasteiger charge is -1.94. The quantitative estimate of drug-likeness (QED) is 0.576. The fourth-order valence-corrected chi connectivity index (χ4v) is 1.62. The maximum atomic E-state index is 11.3. The minimum Gasteiger partial charge on any atom is -0.391 e. The van der Waals surface area contributed by atoms with Crippen LogP contribution in [0, 0.1) is 0 Å². The van der Waals surface area contributed by atoms with E-state index in [1.807, 2.05) is 6.92 Å². The van der Waals surface area contributed by atoms with Gasteiger partial charge in [-0.15, -0.1) is 4.68 Å². The molecule has 0 aliphatic carbocycles. The zero-order valence-corrected chi connectivity index (χ0v) is 9.75. The Balaban J connectivity index is 3.04. The fourth-order valence-electron chi connectivity index (χ4n) is 1.62. The highest BCUT2D eigenvalue weighted by Gasteiger charge is 2.26. The van der Waals surface area contributed by atoms with E-state index in [1.165, 1.54) is 0 Å². The second kappa shape index (κ2) is 5.50. The van der Waals surface area contributed by atoms with E-state index in [4.69, 9.17) is 16.2 Å². The van der Waals surface area contributed by atoms with Crippen molar-refractivity contribution in [3.8, 4) is 0 Å². The molecular formula is C10H19N4O2+. The van der Waals surface area contributed by atoms with Crippen molar-refractivity contribution in [2.75, 3.05) is 19.5 Å². The summed E-state index contributed by atoms with van der Waals surface area (Å²) in [5.41, 5.74) is 12.8. The maximum absolute atomic E-state index is 11.3. The number of nitrogens with one attached hydrogen (secondary N) is 1. The predicted octanol–water partition coefficient (Wildman–Crippen LogP) is -0.418. The second-order valence-corrected chi connectivity index (χ2v) is 3.61. The van der Waals surface area contributed by atoms with Crippen molar-refractivity contribution in [2.24, 2.45) is 5.73 Å². The largest absolute Gasteiger partial charge is 0.391 e. The van der Waals surface area contributed by atoms with Crippen LogP contribution in [0.5, 0.6) is 0 Å². The van der Waals surface area contributed by atoms with Crippen LogP contribution in [0.25, 0.3) is 0 Å². The van der Waals surface area contributed by atoms with Crippen molar-refractivity contribution >= 4 is 11.6 Å². The molecule has 16 heavy (non-hydrogen) atoms. The number of primary amides is 1. The first kappa shape index (κ1) is 12.5. The van der Waals surface area contributed by atoms with Crippen LogP contribution in [0.2, 0.25) is 0 Å². The molecule has 90 valence electrons. The molecule has 0 fully saturated rings. The van der Waals surface area contributed by atoms with Gasteiger partial charge in [-0.2, -0.15) is 5.10 Å². The number of nitrogens with two attached hydrogens (primary N) is 2. The number of aromatic amines is 1. The van der Waals surface area contributed by atoms with E-state index < -0.39 is 5.91 Å². The van der Waals surface area contributed by atoms with Crippen LogP contribution in [0.15, 0.2) is 0 Å². The molecule has 0 spiro atoms. The first-order valence-corrected chi connectivity index (χ1v) is 5.30. The highest BCUT2D eigenvalue weighted by atomic mass is 16.5. The van der Waals surface area contributed by atoms with Crippen molar-refractivity contribution in [3.63, 3.8) is 0 Å². The molecule has 1 rings (SSSR count). The average molecular weight is 227 g/mol. The molecule has 0 bridgehead atoms. The molecule has 1 heterocycles. The zero-order chi connectivity index (χ0) is 12.1. The van der Waals surface area contributed by atoms with Crippen molar-refractivity contribution < 1.29 is 14.2 Å². The van der Waals surface area contributed by atoms with E-state index in [2.05, 4.69) is 5.10 Å². The number of carbonyl (C=O) groups excluding carboxylic acids is 1. The van der Waals surface area contributed by atoms with Gasteiger partial charge in [0, 0.05) is 7.11 Å². The summed E-state index contributed by atoms with van der Waals surface area (Å²) in [5, 5.41) is 3.08. The number of amides is 1. The van der Waals surface area contributed by atoms with Gasteiger partial charge in [-0.1, -0.05) is 13.3 Å². The van der Waals surface area contributed by atoms with Gasteiger partial charge in [-0.05, 0) is 6.42 Å². The van der Waals surface area contributed by atoms with Gasteiger partial charge >= 0.3 is 11.6 Å². The predicted molar refractivity (Wildman–Crippen MR) is 59.8 cm³/mol. The summed E-state index contributed by atoms with van der Waals surface area (Å²) in [4.78, 5) is 11.3. The molecule has 6 heteroatoms. The van der Waals surface area contributed by atoms with Crippen LogP contribution in [-0.2, 0) is 17.7 Å². The normalized spacial score (nSPS) is 10.6. The minimum absolute atomic E-state index is 0.334. The van der Waals surface area contributed by atoms with E-state index in [1.54, 1.807) is 11.8 Å². The van der Waals surface area contributed by atoms with E-state index in [-0.39, 0.29) is 0 Å². The van der Waals surface area contributed by atoms with Gasteiger partial charge in [0.2, 0.25) is 0 Å². The molecule has 1 aromatic rings. The van der Waals surface area contributed by atoms with Crippen LogP contribution < -0.4 is 16.1 Å². The van der Waals surface area contributed by atoms with Gasteiger partial charge in [-0.3, -0.25) is 4.79 Å². The topological polar surface area (TPSA) is 98.0 Å². The average Bonchev–Trinajstić information content (AvgIpc) is 2.53. The third-order valence-corrected chi connectivity index (χ3v) is 2.37. The lowest BCUT2D eigenvalue weighted by atomic mass is 10.2. The molecule has 0 aliphatic rings. The first-order chi connectivity index (χ1) is 7.61. The molecule has 1 amide bonds. The fraction of sp³-hybridized carbons (Fsp3) is 0.600. The van der Waals surface area contributed by atoms with E-state index >= 15 is 0 Å². The molecule has 0 unspecified atom stereocenters. The number of aromatic nitrogens is 2. The summed E-state index contributed by atoms with van der Waals surface area (Å²) in [7, 11) is 1.60. The summed E-state index contributed by atoms with van der Waals surface area (Å²) < 4.78 is 6.60. The molecule has 5 N–H and O–H groups in total. The molecule has 1 aromatic heterocycles. The number of anilines is 1. The van der Waals surface area contributed by atoms with Crippen molar-refractivity contribution in [1.82, 2.24) is 5.10 Å². The molecular weight excluding hydrogens is 208 g/mol. The highest BCUT2D eigenvalue weighted by molar-refractivity contribution is 5.94. The number of rotatable bonds is 6. The van der Waals surface area contributed by atoms with Gasteiger partial charge in [0.25, 0.3) is 0 Å². The third-order valence-electron chi connectivity index (χ3n) is 2.37. The molecule has 0 atom stereocenters. The Labute approximate surface area is 94.5 Å². The Morgan fingerprint density at radius 2 is 2.25 bits per heavy atom. The van der Waals surface area contributed by atoms with Crippen LogP contribution in [-0.4, -0.2) is 24.7 Å². The number of nitrogens with zero attached hydrogens (tertiary/aromatic N) is 1. The number of methoxy groups -OCH3 is 1. The zero-order valence-electron chi connectivity index (χ0n) is 9.75. The molecule has 0 radical (unpaired) electrons. The minimum atomic E-state index is -0.521. The molecule has 6 nitrogen and oxygen atoms in total. The molecule has 0 aliphatic heterocycles. The Kier molecular flexibility index (Phi) is 4.30. The standard InChI is InChI=1S/C10H18N4O2/c1-3-4-7-8(11)9(10(12)15)14(13-7)5-6-16-2/h3-6H2,1-2H3,(H4,11,12,15)/p+1. The lowest BCUT2D eigenvalue weighted by molar-refractivity contribution is -0.752. The van der Waals surface area contributed by atoms with Crippen molar-refractivity contribution in [1.29, 1.82) is 0 Å². The second-order valence-electron chi connectivity index (χ2n) is 3.61. The van der Waals surface area contributed by atoms with Gasteiger partial charge in [0.05, 0.1) is 0 Å². The Morgan fingerprint density at radius 1 is 1.56 bits per heavy atom. The van der Waals surface area contributed by atoms with Gasteiger partial charge < -0.3 is 16.2 Å². The highest BCUT2D eigenvalue weighted by Crippen LogP contribution is 2.13. The molecule has 0 saturated carbocycles. The summed E-state index contributed by atoms with van der Waals surface area (Å²) in [6, 6.07) is 0. The number of aryl methyl sites for hydroxylation is 1. The summed E-state index contributed by atoms with van der Waals surface area (Å²) in [6.45, 7) is 3.07. The van der Waals surface area contributed by atoms with Crippen molar-refractivity contribution in [2.45, 2.75) is 26.3 Å². The first-order valence-electron chi connectivity index (χ1n) is 5.30. The Bertz CT molecular complexity index is 373. The molecule has 0 aromatic carbocycles. The van der Waals surface area contributed by atoms with Crippen LogP contribution in [0.3, 0.4) is 0 Å². The summed E-state index contributed by atoms with van der Waals surface area (Å²) in [6.07, 6.45) is 1.75. The number of carbonyl (C=O) groups is 1. The maximum Gasteiger partial charge on any atom is 0.318 e. The van der Waals surface area contributed by atoms with E-state index in [0.29, 0.717) is 24.5 Å². The number of hydrogen-bond donors (Lipinski definition) is 3. The number of H-pyrrole nitrogens is 1.